The molecule has 6 heteroatoms. The Morgan fingerprint density at radius 3 is 1.75 bits per heavy atom. The first-order valence-electron chi connectivity index (χ1n) is 12.6. The number of alkyl halides is 1. The van der Waals surface area contributed by atoms with Gasteiger partial charge in [-0.3, -0.25) is 4.90 Å². The third kappa shape index (κ3) is 6.85. The molecule has 3 aromatic rings. The largest absolute Gasteiger partial charge is 0.405 e. The smallest absolute Gasteiger partial charge is 0.261 e. The maximum Gasteiger partial charge on any atom is 0.261 e. The first-order valence-corrected chi connectivity index (χ1v) is 15.1. The van der Waals surface area contributed by atoms with E-state index in [1.807, 2.05) is 37.3 Å². The van der Waals surface area contributed by atoms with Gasteiger partial charge in [-0.1, -0.05) is 112 Å². The Morgan fingerprint density at radius 1 is 0.833 bits per heavy atom. The number of hydrogen-bond donors (Lipinski definition) is 2. The van der Waals surface area contributed by atoms with Crippen molar-refractivity contribution in [3.8, 4) is 0 Å². The van der Waals surface area contributed by atoms with Gasteiger partial charge in [0, 0.05) is 25.0 Å². The number of nitrogens with zero attached hydrogens (tertiary/aromatic N) is 1. The minimum atomic E-state index is -2.75. The summed E-state index contributed by atoms with van der Waals surface area (Å²) in [7, 11) is -2.75. The Labute approximate surface area is 222 Å². The Bertz CT molecular complexity index is 991. The summed E-state index contributed by atoms with van der Waals surface area (Å²) in [5, 5.41) is 23.9. The summed E-state index contributed by atoms with van der Waals surface area (Å²) in [6.07, 6.45) is -1.43. The van der Waals surface area contributed by atoms with Crippen molar-refractivity contribution < 1.29 is 14.6 Å². The molecule has 0 fully saturated rings. The standard InChI is InChI=1S/C30H40ClNO3Si/c1-24(32(22-26(33)20-31)21-25-14-8-5-9-15-25)29(34)23-35-36(30(2,3)4,27-16-10-6-11-17-27)28-18-12-7-13-19-28/h5-19,24,26,29,33-34H,20-23H2,1-4H3/t24-,26+,29-/m1/s1. The van der Waals surface area contributed by atoms with Crippen molar-refractivity contribution in [2.75, 3.05) is 19.0 Å². The molecule has 0 heterocycles. The highest BCUT2D eigenvalue weighted by atomic mass is 35.5. The molecule has 0 aliphatic heterocycles. The zero-order valence-electron chi connectivity index (χ0n) is 21.8. The van der Waals surface area contributed by atoms with Crippen LogP contribution in [0.1, 0.15) is 33.3 Å². The molecule has 0 unspecified atom stereocenters. The zero-order chi connectivity index (χ0) is 26.2. The van der Waals surface area contributed by atoms with Crippen molar-refractivity contribution in [2.24, 2.45) is 0 Å². The number of benzene rings is 3. The maximum atomic E-state index is 11.4. The molecule has 0 amide bonds. The van der Waals surface area contributed by atoms with Crippen molar-refractivity contribution in [1.82, 2.24) is 4.90 Å². The van der Waals surface area contributed by atoms with E-state index in [1.54, 1.807) is 0 Å². The van der Waals surface area contributed by atoms with Gasteiger partial charge in [0.05, 0.1) is 18.8 Å². The number of halogens is 1. The monoisotopic (exact) mass is 525 g/mol. The summed E-state index contributed by atoms with van der Waals surface area (Å²) in [5.74, 6) is 0.146. The summed E-state index contributed by atoms with van der Waals surface area (Å²) in [6.45, 7) is 9.84. The summed E-state index contributed by atoms with van der Waals surface area (Å²) in [5.41, 5.74) is 1.12. The van der Waals surface area contributed by atoms with Crippen LogP contribution in [0.2, 0.25) is 5.04 Å². The summed E-state index contributed by atoms with van der Waals surface area (Å²) < 4.78 is 6.95. The lowest BCUT2D eigenvalue weighted by atomic mass is 10.1. The van der Waals surface area contributed by atoms with Crippen LogP contribution in [0.5, 0.6) is 0 Å². The highest BCUT2D eigenvalue weighted by Gasteiger charge is 2.50. The van der Waals surface area contributed by atoms with Gasteiger partial charge in [-0.25, -0.2) is 0 Å². The molecule has 0 bridgehead atoms. The van der Waals surface area contributed by atoms with Gasteiger partial charge in [-0.05, 0) is 27.9 Å². The van der Waals surface area contributed by atoms with E-state index in [-0.39, 0.29) is 23.6 Å². The minimum absolute atomic E-state index is 0.146. The summed E-state index contributed by atoms with van der Waals surface area (Å²) >= 11 is 5.93. The van der Waals surface area contributed by atoms with Gasteiger partial charge in [0.15, 0.2) is 0 Å². The molecule has 3 aromatic carbocycles. The van der Waals surface area contributed by atoms with Crippen LogP contribution < -0.4 is 10.4 Å². The Balaban J connectivity index is 1.89. The van der Waals surface area contributed by atoms with Gasteiger partial charge in [0.25, 0.3) is 8.32 Å². The van der Waals surface area contributed by atoms with E-state index in [9.17, 15) is 10.2 Å². The molecule has 4 nitrogen and oxygen atoms in total. The van der Waals surface area contributed by atoms with Gasteiger partial charge in [-0.15, -0.1) is 11.6 Å². The number of rotatable bonds is 12. The van der Waals surface area contributed by atoms with Crippen LogP contribution in [0.25, 0.3) is 0 Å². The average Bonchev–Trinajstić information content (AvgIpc) is 2.89. The van der Waals surface area contributed by atoms with Gasteiger partial charge < -0.3 is 14.6 Å². The van der Waals surface area contributed by atoms with E-state index in [4.69, 9.17) is 16.0 Å². The first-order chi connectivity index (χ1) is 17.2. The molecule has 0 saturated heterocycles. The predicted octanol–water partition coefficient (Wildman–Crippen LogP) is 4.41. The predicted molar refractivity (Wildman–Crippen MR) is 153 cm³/mol. The lowest BCUT2D eigenvalue weighted by Crippen LogP contribution is -2.67. The molecule has 3 atom stereocenters. The molecule has 0 aromatic heterocycles. The second-order valence-electron chi connectivity index (χ2n) is 10.5. The normalized spacial score (nSPS) is 15.0. The third-order valence-electron chi connectivity index (χ3n) is 6.87. The fraction of sp³-hybridized carbons (Fsp3) is 0.400. The van der Waals surface area contributed by atoms with Gasteiger partial charge in [0.2, 0.25) is 0 Å². The van der Waals surface area contributed by atoms with Crippen LogP contribution in [0, 0.1) is 0 Å². The van der Waals surface area contributed by atoms with E-state index in [2.05, 4.69) is 86.3 Å². The Morgan fingerprint density at radius 2 is 1.31 bits per heavy atom. The van der Waals surface area contributed by atoms with Crippen molar-refractivity contribution >= 4 is 30.3 Å². The van der Waals surface area contributed by atoms with Crippen molar-refractivity contribution in [2.45, 2.75) is 57.5 Å². The molecule has 0 radical (unpaired) electrons. The molecule has 0 spiro atoms. The fourth-order valence-electron chi connectivity index (χ4n) is 4.87. The van der Waals surface area contributed by atoms with Crippen LogP contribution in [0.3, 0.4) is 0 Å². The Hall–Kier alpha value is -1.99. The van der Waals surface area contributed by atoms with Crippen LogP contribution >= 0.6 is 11.6 Å². The molecular formula is C30H40ClNO3Si. The second-order valence-corrected chi connectivity index (χ2v) is 15.1. The first kappa shape index (κ1) is 28.6. The van der Waals surface area contributed by atoms with Crippen LogP contribution in [0.15, 0.2) is 91.0 Å². The lowest BCUT2D eigenvalue weighted by Gasteiger charge is -2.44. The molecule has 0 saturated carbocycles. The van der Waals surface area contributed by atoms with E-state index in [0.717, 1.165) is 5.56 Å². The third-order valence-corrected chi connectivity index (χ3v) is 12.2. The quantitative estimate of drug-likeness (QED) is 0.271. The topological polar surface area (TPSA) is 52.9 Å². The number of aliphatic hydroxyl groups is 2. The highest BCUT2D eigenvalue weighted by Crippen LogP contribution is 2.37. The number of hydrogen-bond acceptors (Lipinski definition) is 4. The van der Waals surface area contributed by atoms with Crippen molar-refractivity contribution in [3.63, 3.8) is 0 Å². The second kappa shape index (κ2) is 13.0. The SMILES string of the molecule is C[C@H]([C@H](O)CO[Si](c1ccccc1)(c1ccccc1)C(C)(C)C)N(Cc1ccccc1)C[C@@H](O)CCl. The molecule has 36 heavy (non-hydrogen) atoms. The van der Waals surface area contributed by atoms with Gasteiger partial charge >= 0.3 is 0 Å². The Kier molecular flexibility index (Phi) is 10.3. The average molecular weight is 526 g/mol. The van der Waals surface area contributed by atoms with E-state index in [0.29, 0.717) is 13.1 Å². The van der Waals surface area contributed by atoms with Crippen molar-refractivity contribution in [1.29, 1.82) is 0 Å². The fourth-order valence-corrected chi connectivity index (χ4v) is 9.54. The van der Waals surface area contributed by atoms with E-state index in [1.165, 1.54) is 10.4 Å². The van der Waals surface area contributed by atoms with Crippen LogP contribution in [0.4, 0.5) is 0 Å². The van der Waals surface area contributed by atoms with Gasteiger partial charge in [-0.2, -0.15) is 0 Å². The highest BCUT2D eigenvalue weighted by molar-refractivity contribution is 6.99. The molecule has 0 aliphatic carbocycles. The van der Waals surface area contributed by atoms with Crippen LogP contribution in [-0.4, -0.2) is 60.7 Å². The van der Waals surface area contributed by atoms with Crippen LogP contribution in [-0.2, 0) is 11.0 Å². The molecular weight excluding hydrogens is 486 g/mol. The van der Waals surface area contributed by atoms with E-state index >= 15 is 0 Å². The number of aliphatic hydroxyl groups excluding tert-OH is 2. The molecule has 194 valence electrons. The maximum absolute atomic E-state index is 11.4. The molecule has 3 rings (SSSR count). The summed E-state index contributed by atoms with van der Waals surface area (Å²) in [4.78, 5) is 2.09. The molecule has 0 aliphatic rings. The van der Waals surface area contributed by atoms with Crippen molar-refractivity contribution in [3.05, 3.63) is 96.6 Å². The minimum Gasteiger partial charge on any atom is -0.405 e. The lowest BCUT2D eigenvalue weighted by molar-refractivity contribution is 0.00342. The summed E-state index contributed by atoms with van der Waals surface area (Å²) in [6, 6.07) is 30.7. The zero-order valence-corrected chi connectivity index (χ0v) is 23.6. The molecule has 2 N–H and O–H groups in total. The van der Waals surface area contributed by atoms with E-state index < -0.39 is 20.5 Å². The van der Waals surface area contributed by atoms with Gasteiger partial charge in [0.1, 0.15) is 0 Å².